The Hall–Kier alpha value is -3.12. The van der Waals surface area contributed by atoms with Crippen LogP contribution in [0, 0.1) is 0 Å². The van der Waals surface area contributed by atoms with Crippen molar-refractivity contribution in [3.8, 4) is 0 Å². The third-order valence-corrected chi connectivity index (χ3v) is 7.22. The molecule has 0 saturated carbocycles. The SMILES string of the molecule is CCn1c2ccccc2c2cc(C(=O)NCc3ccc(S(=O)(=O)CC)cc3)ccc21. The first-order chi connectivity index (χ1) is 14.4. The van der Waals surface area contributed by atoms with Crippen LogP contribution in [0.5, 0.6) is 0 Å². The van der Waals surface area contributed by atoms with Gasteiger partial charge in [0, 0.05) is 40.5 Å². The van der Waals surface area contributed by atoms with Crippen molar-refractivity contribution in [1.29, 1.82) is 0 Å². The molecule has 0 saturated heterocycles. The average Bonchev–Trinajstić information content (AvgIpc) is 3.10. The molecule has 0 atom stereocenters. The molecule has 1 N–H and O–H groups in total. The van der Waals surface area contributed by atoms with E-state index >= 15 is 0 Å². The Morgan fingerprint density at radius 3 is 2.30 bits per heavy atom. The number of carbonyl (C=O) groups is 1. The monoisotopic (exact) mass is 420 g/mol. The van der Waals surface area contributed by atoms with Crippen LogP contribution in [-0.4, -0.2) is 24.6 Å². The van der Waals surface area contributed by atoms with Gasteiger partial charge in [0.05, 0.1) is 10.6 Å². The summed E-state index contributed by atoms with van der Waals surface area (Å²) in [4.78, 5) is 13.0. The second-order valence-corrected chi connectivity index (χ2v) is 9.50. The Kier molecular flexibility index (Phi) is 5.35. The molecule has 6 heteroatoms. The number of fused-ring (bicyclic) bond motifs is 3. The molecule has 4 rings (SSSR count). The molecule has 3 aromatic carbocycles. The van der Waals surface area contributed by atoms with Crippen molar-refractivity contribution in [2.75, 3.05) is 5.75 Å². The van der Waals surface area contributed by atoms with Gasteiger partial charge in [-0.05, 0) is 48.9 Å². The number of aromatic nitrogens is 1. The lowest BCUT2D eigenvalue weighted by Gasteiger charge is -2.08. The molecule has 0 fully saturated rings. The summed E-state index contributed by atoms with van der Waals surface area (Å²) in [5.41, 5.74) is 3.73. The van der Waals surface area contributed by atoms with E-state index in [1.165, 1.54) is 0 Å². The number of rotatable bonds is 6. The number of carbonyl (C=O) groups excluding carboxylic acids is 1. The number of nitrogens with zero attached hydrogens (tertiary/aromatic N) is 1. The number of aryl methyl sites for hydroxylation is 1. The third-order valence-electron chi connectivity index (χ3n) is 5.47. The molecule has 30 heavy (non-hydrogen) atoms. The van der Waals surface area contributed by atoms with Gasteiger partial charge in [-0.2, -0.15) is 0 Å². The topological polar surface area (TPSA) is 68.2 Å². The molecule has 1 heterocycles. The molecule has 0 aliphatic rings. The zero-order valence-corrected chi connectivity index (χ0v) is 17.9. The van der Waals surface area contributed by atoms with Gasteiger partial charge in [-0.25, -0.2) is 8.42 Å². The van der Waals surface area contributed by atoms with E-state index in [9.17, 15) is 13.2 Å². The summed E-state index contributed by atoms with van der Waals surface area (Å²) < 4.78 is 26.1. The highest BCUT2D eigenvalue weighted by atomic mass is 32.2. The van der Waals surface area contributed by atoms with Crippen molar-refractivity contribution in [1.82, 2.24) is 9.88 Å². The first-order valence-electron chi connectivity index (χ1n) is 10.1. The van der Waals surface area contributed by atoms with E-state index in [0.29, 0.717) is 17.0 Å². The number of nitrogens with one attached hydrogen (secondary N) is 1. The number of hydrogen-bond donors (Lipinski definition) is 1. The number of para-hydroxylation sites is 1. The first-order valence-corrected chi connectivity index (χ1v) is 11.7. The standard InChI is InChI=1S/C24H24N2O3S/c1-3-26-22-8-6-5-7-20(22)21-15-18(11-14-23(21)26)24(27)25-16-17-9-12-19(13-10-17)30(28,29)4-2/h5-15H,3-4,16H2,1-2H3,(H,25,27). The lowest BCUT2D eigenvalue weighted by Crippen LogP contribution is -2.22. The zero-order valence-electron chi connectivity index (χ0n) is 17.1. The van der Waals surface area contributed by atoms with Gasteiger partial charge in [0.2, 0.25) is 0 Å². The minimum atomic E-state index is -3.22. The summed E-state index contributed by atoms with van der Waals surface area (Å²) in [6.45, 7) is 4.93. The second kappa shape index (κ2) is 7.95. The summed E-state index contributed by atoms with van der Waals surface area (Å²) in [6.07, 6.45) is 0. The minimum Gasteiger partial charge on any atom is -0.348 e. The van der Waals surface area contributed by atoms with Gasteiger partial charge in [0.15, 0.2) is 9.84 Å². The molecule has 0 spiro atoms. The second-order valence-electron chi connectivity index (χ2n) is 7.22. The highest BCUT2D eigenvalue weighted by molar-refractivity contribution is 7.91. The van der Waals surface area contributed by atoms with Crippen LogP contribution in [0.15, 0.2) is 71.6 Å². The number of amides is 1. The molecule has 1 amide bonds. The van der Waals surface area contributed by atoms with E-state index in [1.807, 2.05) is 30.3 Å². The maximum atomic E-state index is 12.7. The summed E-state index contributed by atoms with van der Waals surface area (Å²) >= 11 is 0. The first kappa shape index (κ1) is 20.2. The van der Waals surface area contributed by atoms with Crippen LogP contribution in [0.4, 0.5) is 0 Å². The Morgan fingerprint density at radius 2 is 1.60 bits per heavy atom. The molecule has 0 aliphatic heterocycles. The third kappa shape index (κ3) is 3.59. The fourth-order valence-electron chi connectivity index (χ4n) is 3.80. The molecule has 1 aromatic heterocycles. The zero-order chi connectivity index (χ0) is 21.3. The molecule has 0 aliphatic carbocycles. The van der Waals surface area contributed by atoms with Crippen LogP contribution in [-0.2, 0) is 22.9 Å². The van der Waals surface area contributed by atoms with Crippen LogP contribution in [0.1, 0.15) is 29.8 Å². The van der Waals surface area contributed by atoms with Gasteiger partial charge >= 0.3 is 0 Å². The van der Waals surface area contributed by atoms with Gasteiger partial charge in [0.1, 0.15) is 0 Å². The molecule has 0 bridgehead atoms. The lowest BCUT2D eigenvalue weighted by molar-refractivity contribution is 0.0951. The Bertz CT molecular complexity index is 1340. The molecule has 0 unspecified atom stereocenters. The average molecular weight is 421 g/mol. The van der Waals surface area contributed by atoms with E-state index in [2.05, 4.69) is 28.9 Å². The number of hydrogen-bond acceptors (Lipinski definition) is 3. The normalized spacial score (nSPS) is 11.8. The van der Waals surface area contributed by atoms with Gasteiger partial charge in [-0.3, -0.25) is 4.79 Å². The van der Waals surface area contributed by atoms with Crippen LogP contribution in [0.2, 0.25) is 0 Å². The predicted molar refractivity (Wildman–Crippen MR) is 120 cm³/mol. The Balaban J connectivity index is 1.56. The summed E-state index contributed by atoms with van der Waals surface area (Å²) in [5.74, 6) is -0.0875. The fourth-order valence-corrected chi connectivity index (χ4v) is 4.69. The molecule has 154 valence electrons. The van der Waals surface area contributed by atoms with Crippen LogP contribution >= 0.6 is 0 Å². The van der Waals surface area contributed by atoms with Gasteiger partial charge in [-0.1, -0.05) is 37.3 Å². The molecular formula is C24H24N2O3S. The molecular weight excluding hydrogens is 396 g/mol. The molecule has 4 aromatic rings. The smallest absolute Gasteiger partial charge is 0.251 e. The van der Waals surface area contributed by atoms with Crippen molar-refractivity contribution in [2.45, 2.75) is 31.8 Å². The minimum absolute atomic E-state index is 0.0694. The van der Waals surface area contributed by atoms with Crippen molar-refractivity contribution in [3.05, 3.63) is 77.9 Å². The van der Waals surface area contributed by atoms with E-state index in [4.69, 9.17) is 0 Å². The maximum absolute atomic E-state index is 12.7. The highest BCUT2D eigenvalue weighted by Crippen LogP contribution is 2.29. The predicted octanol–water partition coefficient (Wildman–Crippen LogP) is 4.54. The highest BCUT2D eigenvalue weighted by Gasteiger charge is 2.13. The molecule has 0 radical (unpaired) electrons. The summed E-state index contributed by atoms with van der Waals surface area (Å²) in [7, 11) is -3.22. The van der Waals surface area contributed by atoms with Crippen molar-refractivity contribution in [3.63, 3.8) is 0 Å². The van der Waals surface area contributed by atoms with Gasteiger partial charge < -0.3 is 9.88 Å². The van der Waals surface area contributed by atoms with Crippen LogP contribution in [0.3, 0.4) is 0 Å². The Labute approximate surface area is 176 Å². The van der Waals surface area contributed by atoms with E-state index in [-0.39, 0.29) is 11.7 Å². The Morgan fingerprint density at radius 1 is 0.900 bits per heavy atom. The van der Waals surface area contributed by atoms with Gasteiger partial charge in [-0.15, -0.1) is 0 Å². The van der Waals surface area contributed by atoms with Crippen molar-refractivity contribution >= 4 is 37.6 Å². The van der Waals surface area contributed by atoms with E-state index < -0.39 is 9.84 Å². The largest absolute Gasteiger partial charge is 0.348 e. The number of benzene rings is 3. The quantitative estimate of drug-likeness (QED) is 0.498. The van der Waals surface area contributed by atoms with E-state index in [1.54, 1.807) is 31.2 Å². The maximum Gasteiger partial charge on any atom is 0.251 e. The molecule has 5 nitrogen and oxygen atoms in total. The summed E-state index contributed by atoms with van der Waals surface area (Å²) in [5, 5.41) is 5.13. The van der Waals surface area contributed by atoms with Crippen molar-refractivity contribution in [2.24, 2.45) is 0 Å². The lowest BCUT2D eigenvalue weighted by atomic mass is 10.1. The van der Waals surface area contributed by atoms with E-state index in [0.717, 1.165) is 33.9 Å². The summed E-state index contributed by atoms with van der Waals surface area (Å²) in [6, 6.07) is 20.7. The van der Waals surface area contributed by atoms with Crippen LogP contribution in [0.25, 0.3) is 21.8 Å². The van der Waals surface area contributed by atoms with Crippen LogP contribution < -0.4 is 5.32 Å². The fraction of sp³-hybridized carbons (Fsp3) is 0.208. The van der Waals surface area contributed by atoms with Gasteiger partial charge in [0.25, 0.3) is 5.91 Å². The van der Waals surface area contributed by atoms with Crippen molar-refractivity contribution < 1.29 is 13.2 Å². The number of sulfone groups is 1.